The van der Waals surface area contributed by atoms with E-state index in [4.69, 9.17) is 21.1 Å². The Balaban J connectivity index is 1.82. The minimum Gasteiger partial charge on any atom is -0.493 e. The van der Waals surface area contributed by atoms with Gasteiger partial charge >= 0.3 is 0 Å². The average molecular weight is 411 g/mol. The lowest BCUT2D eigenvalue weighted by atomic mass is 10.1. The number of amides is 1. The van der Waals surface area contributed by atoms with Crippen molar-refractivity contribution in [2.45, 2.75) is 23.8 Å². The number of benzene rings is 2. The number of rotatable bonds is 7. The van der Waals surface area contributed by atoms with Crippen molar-refractivity contribution in [1.82, 2.24) is 4.72 Å². The summed E-state index contributed by atoms with van der Waals surface area (Å²) in [6.07, 6.45) is 1.69. The maximum absolute atomic E-state index is 12.6. The summed E-state index contributed by atoms with van der Waals surface area (Å²) in [5, 5.41) is 2.90. The molecular weight excluding hydrogens is 392 g/mol. The minimum absolute atomic E-state index is 0.00199. The van der Waals surface area contributed by atoms with Gasteiger partial charge < -0.3 is 14.8 Å². The molecule has 0 unspecified atom stereocenters. The number of sulfonamides is 1. The summed E-state index contributed by atoms with van der Waals surface area (Å²) in [4.78, 5) is 12.6. The zero-order chi connectivity index (χ0) is 19.6. The van der Waals surface area contributed by atoms with Crippen LogP contribution in [0.5, 0.6) is 11.5 Å². The number of nitrogens with one attached hydrogen (secondary N) is 2. The van der Waals surface area contributed by atoms with Crippen LogP contribution in [0.2, 0.25) is 5.02 Å². The molecule has 0 aliphatic heterocycles. The molecule has 1 fully saturated rings. The van der Waals surface area contributed by atoms with Crippen molar-refractivity contribution in [2.75, 3.05) is 19.5 Å². The zero-order valence-electron chi connectivity index (χ0n) is 14.8. The Bertz CT molecular complexity index is 974. The SMILES string of the molecule is COc1cc(C(=O)Nc2cccc(S(=O)(=O)NC3CC3)c2)cc(Cl)c1OC. The van der Waals surface area contributed by atoms with Crippen LogP contribution >= 0.6 is 11.6 Å². The van der Waals surface area contributed by atoms with E-state index in [2.05, 4.69) is 10.0 Å². The number of hydrogen-bond donors (Lipinski definition) is 2. The molecule has 27 heavy (non-hydrogen) atoms. The monoisotopic (exact) mass is 410 g/mol. The van der Waals surface area contributed by atoms with Crippen molar-refractivity contribution < 1.29 is 22.7 Å². The topological polar surface area (TPSA) is 93.7 Å². The van der Waals surface area contributed by atoms with Gasteiger partial charge in [0.15, 0.2) is 11.5 Å². The van der Waals surface area contributed by atoms with E-state index in [0.717, 1.165) is 12.8 Å². The number of anilines is 1. The molecule has 1 aliphatic carbocycles. The van der Waals surface area contributed by atoms with Gasteiger partial charge in [0, 0.05) is 17.3 Å². The second-order valence-electron chi connectivity index (χ2n) is 6.07. The van der Waals surface area contributed by atoms with E-state index in [9.17, 15) is 13.2 Å². The fourth-order valence-electron chi connectivity index (χ4n) is 2.48. The zero-order valence-corrected chi connectivity index (χ0v) is 16.4. The van der Waals surface area contributed by atoms with Gasteiger partial charge in [-0.15, -0.1) is 0 Å². The van der Waals surface area contributed by atoms with Gasteiger partial charge in [0.2, 0.25) is 10.0 Å². The number of ether oxygens (including phenoxy) is 2. The van der Waals surface area contributed by atoms with Gasteiger partial charge in [0.05, 0.1) is 24.1 Å². The largest absolute Gasteiger partial charge is 0.493 e. The molecule has 3 rings (SSSR count). The van der Waals surface area contributed by atoms with Gasteiger partial charge in [-0.25, -0.2) is 13.1 Å². The standard InChI is InChI=1S/C18H19ClN2O5S/c1-25-16-9-11(8-15(19)17(16)26-2)18(22)20-13-4-3-5-14(10-13)27(23,24)21-12-6-7-12/h3-5,8-10,12,21H,6-7H2,1-2H3,(H,20,22). The van der Waals surface area contributed by atoms with Crippen molar-refractivity contribution in [1.29, 1.82) is 0 Å². The highest BCUT2D eigenvalue weighted by atomic mass is 35.5. The number of carbonyl (C=O) groups is 1. The van der Waals surface area contributed by atoms with Crippen LogP contribution in [-0.4, -0.2) is 34.6 Å². The summed E-state index contributed by atoms with van der Waals surface area (Å²) < 4.78 is 37.6. The maximum atomic E-state index is 12.6. The summed E-state index contributed by atoms with van der Waals surface area (Å²) >= 11 is 6.13. The molecule has 0 bridgehead atoms. The molecule has 0 radical (unpaired) electrons. The average Bonchev–Trinajstić information content (AvgIpc) is 3.44. The Morgan fingerprint density at radius 1 is 1.15 bits per heavy atom. The van der Waals surface area contributed by atoms with E-state index in [1.54, 1.807) is 12.1 Å². The van der Waals surface area contributed by atoms with Crippen LogP contribution in [0.4, 0.5) is 5.69 Å². The highest BCUT2D eigenvalue weighted by Crippen LogP contribution is 2.36. The van der Waals surface area contributed by atoms with E-state index in [1.807, 2.05) is 0 Å². The highest BCUT2D eigenvalue weighted by Gasteiger charge is 2.28. The van der Waals surface area contributed by atoms with Gasteiger partial charge in [-0.05, 0) is 43.2 Å². The lowest BCUT2D eigenvalue weighted by Crippen LogP contribution is -2.25. The van der Waals surface area contributed by atoms with E-state index in [-0.39, 0.29) is 21.5 Å². The summed E-state index contributed by atoms with van der Waals surface area (Å²) in [6.45, 7) is 0. The second-order valence-corrected chi connectivity index (χ2v) is 8.19. The molecule has 1 aliphatic rings. The molecule has 2 N–H and O–H groups in total. The Morgan fingerprint density at radius 3 is 2.52 bits per heavy atom. The minimum atomic E-state index is -3.61. The van der Waals surface area contributed by atoms with Crippen LogP contribution in [0.1, 0.15) is 23.2 Å². The quantitative estimate of drug-likeness (QED) is 0.731. The predicted octanol–water partition coefficient (Wildman–Crippen LogP) is 3.05. The molecule has 7 nitrogen and oxygen atoms in total. The number of carbonyl (C=O) groups excluding carboxylic acids is 1. The van der Waals surface area contributed by atoms with Crippen molar-refractivity contribution in [2.24, 2.45) is 0 Å². The van der Waals surface area contributed by atoms with Gasteiger partial charge in [0.25, 0.3) is 5.91 Å². The number of halogens is 1. The Hall–Kier alpha value is -2.29. The maximum Gasteiger partial charge on any atom is 0.255 e. The lowest BCUT2D eigenvalue weighted by Gasteiger charge is -2.12. The molecule has 1 amide bonds. The Labute approximate surface area is 162 Å². The van der Waals surface area contributed by atoms with Gasteiger partial charge in [-0.3, -0.25) is 4.79 Å². The molecule has 2 aromatic carbocycles. The van der Waals surface area contributed by atoms with Crippen LogP contribution < -0.4 is 19.5 Å². The van der Waals surface area contributed by atoms with Crippen molar-refractivity contribution in [3.05, 3.63) is 47.0 Å². The van der Waals surface area contributed by atoms with E-state index in [0.29, 0.717) is 17.2 Å². The first-order valence-electron chi connectivity index (χ1n) is 8.19. The number of methoxy groups -OCH3 is 2. The molecular formula is C18H19ClN2O5S. The molecule has 0 aromatic heterocycles. The molecule has 1 saturated carbocycles. The van der Waals surface area contributed by atoms with Crippen LogP contribution in [0.15, 0.2) is 41.3 Å². The third-order valence-electron chi connectivity index (χ3n) is 4.00. The molecule has 0 atom stereocenters. The lowest BCUT2D eigenvalue weighted by molar-refractivity contribution is 0.102. The van der Waals surface area contributed by atoms with E-state index >= 15 is 0 Å². The van der Waals surface area contributed by atoms with Crippen molar-refractivity contribution >= 4 is 33.2 Å². The third kappa shape index (κ3) is 4.52. The molecule has 144 valence electrons. The first kappa shape index (κ1) is 19.5. The van der Waals surface area contributed by atoms with Crippen LogP contribution in [0, 0.1) is 0 Å². The number of hydrogen-bond acceptors (Lipinski definition) is 5. The normalized spacial score (nSPS) is 13.9. The first-order valence-corrected chi connectivity index (χ1v) is 10.1. The summed E-state index contributed by atoms with van der Waals surface area (Å²) in [7, 11) is -0.714. The van der Waals surface area contributed by atoms with Crippen LogP contribution in [-0.2, 0) is 10.0 Å². The molecule has 0 saturated heterocycles. The molecule has 9 heteroatoms. The first-order chi connectivity index (χ1) is 12.8. The Morgan fingerprint density at radius 2 is 1.89 bits per heavy atom. The third-order valence-corrected chi connectivity index (χ3v) is 5.80. The molecule has 2 aromatic rings. The summed E-state index contributed by atoms with van der Waals surface area (Å²) in [5.41, 5.74) is 0.603. The van der Waals surface area contributed by atoms with Crippen molar-refractivity contribution in [3.63, 3.8) is 0 Å². The molecule has 0 heterocycles. The van der Waals surface area contributed by atoms with Gasteiger partial charge in [-0.2, -0.15) is 0 Å². The van der Waals surface area contributed by atoms with Gasteiger partial charge in [-0.1, -0.05) is 17.7 Å². The fourth-order valence-corrected chi connectivity index (χ4v) is 4.12. The molecule has 0 spiro atoms. The fraction of sp³-hybridized carbons (Fsp3) is 0.278. The van der Waals surface area contributed by atoms with E-state index < -0.39 is 15.9 Å². The predicted molar refractivity (Wildman–Crippen MR) is 102 cm³/mol. The summed E-state index contributed by atoms with van der Waals surface area (Å²) in [5.74, 6) is 0.192. The highest BCUT2D eigenvalue weighted by molar-refractivity contribution is 7.89. The smallest absolute Gasteiger partial charge is 0.255 e. The Kier molecular flexibility index (Phi) is 5.59. The van der Waals surface area contributed by atoms with E-state index in [1.165, 1.54) is 38.5 Å². The van der Waals surface area contributed by atoms with Gasteiger partial charge in [0.1, 0.15) is 0 Å². The summed E-state index contributed by atoms with van der Waals surface area (Å²) in [6, 6.07) is 9.01. The second kappa shape index (κ2) is 7.75. The van der Waals surface area contributed by atoms with Crippen LogP contribution in [0.3, 0.4) is 0 Å². The van der Waals surface area contributed by atoms with Crippen LogP contribution in [0.25, 0.3) is 0 Å². The van der Waals surface area contributed by atoms with Crippen molar-refractivity contribution in [3.8, 4) is 11.5 Å².